The van der Waals surface area contributed by atoms with E-state index in [1.165, 1.54) is 36.0 Å². The number of amides is 2. The Kier molecular flexibility index (Phi) is 7.28. The van der Waals surface area contributed by atoms with Crippen LogP contribution in [-0.2, 0) is 4.79 Å². The fourth-order valence-corrected chi connectivity index (χ4v) is 3.71. The Morgan fingerprint density at radius 3 is 2.35 bits per heavy atom. The summed E-state index contributed by atoms with van der Waals surface area (Å²) in [5, 5.41) is 16.6. The lowest BCUT2D eigenvalue weighted by Crippen LogP contribution is -2.22. The van der Waals surface area contributed by atoms with Gasteiger partial charge in [-0.1, -0.05) is 23.7 Å². The van der Waals surface area contributed by atoms with E-state index >= 15 is 0 Å². The Morgan fingerprint density at radius 1 is 0.968 bits per heavy atom. The number of nitro groups is 1. The molecule has 0 heterocycles. The molecule has 2 amide bonds. The predicted molar refractivity (Wildman–Crippen MR) is 123 cm³/mol. The summed E-state index contributed by atoms with van der Waals surface area (Å²) in [4.78, 5) is 35.9. The number of anilines is 2. The van der Waals surface area contributed by atoms with Crippen LogP contribution in [0.1, 0.15) is 17.3 Å². The molecule has 3 aromatic carbocycles. The smallest absolute Gasteiger partial charge is 0.270 e. The third kappa shape index (κ3) is 6.31. The Hall–Kier alpha value is -3.36. The summed E-state index contributed by atoms with van der Waals surface area (Å²) in [7, 11) is 0. The van der Waals surface area contributed by atoms with Gasteiger partial charge in [0.25, 0.3) is 11.6 Å². The molecule has 0 saturated heterocycles. The van der Waals surface area contributed by atoms with Gasteiger partial charge in [-0.05, 0) is 55.5 Å². The third-order valence-electron chi connectivity index (χ3n) is 4.21. The van der Waals surface area contributed by atoms with E-state index < -0.39 is 10.8 Å². The van der Waals surface area contributed by atoms with Crippen LogP contribution >= 0.6 is 23.4 Å². The van der Waals surface area contributed by atoms with Gasteiger partial charge in [-0.15, -0.1) is 11.8 Å². The molecule has 0 aliphatic rings. The van der Waals surface area contributed by atoms with Crippen LogP contribution in [0.25, 0.3) is 0 Å². The molecule has 0 radical (unpaired) electrons. The molecule has 31 heavy (non-hydrogen) atoms. The summed E-state index contributed by atoms with van der Waals surface area (Å²) in [6.45, 7) is 1.79. The molecule has 0 aliphatic heterocycles. The summed E-state index contributed by atoms with van der Waals surface area (Å²) < 4.78 is 0. The minimum atomic E-state index is -0.549. The SMILES string of the molecule is CC(Sc1ccc(NC(=O)c2cccc([N+](=O)[O-])c2)cc1)C(=O)Nc1cccc(Cl)c1. The van der Waals surface area contributed by atoms with Crippen molar-refractivity contribution >= 4 is 52.2 Å². The Morgan fingerprint density at radius 2 is 1.68 bits per heavy atom. The molecule has 0 bridgehead atoms. The van der Waals surface area contributed by atoms with Crippen LogP contribution in [-0.4, -0.2) is 22.0 Å². The topological polar surface area (TPSA) is 101 Å². The highest BCUT2D eigenvalue weighted by molar-refractivity contribution is 8.00. The summed E-state index contributed by atoms with van der Waals surface area (Å²) in [5.41, 5.74) is 1.21. The molecule has 0 spiro atoms. The lowest BCUT2D eigenvalue weighted by Gasteiger charge is -2.13. The number of rotatable bonds is 7. The average molecular weight is 456 g/mol. The van der Waals surface area contributed by atoms with Gasteiger partial charge >= 0.3 is 0 Å². The van der Waals surface area contributed by atoms with Crippen LogP contribution in [0.15, 0.2) is 77.7 Å². The molecule has 7 nitrogen and oxygen atoms in total. The zero-order valence-electron chi connectivity index (χ0n) is 16.4. The zero-order valence-corrected chi connectivity index (χ0v) is 17.9. The molecule has 158 valence electrons. The van der Waals surface area contributed by atoms with Crippen molar-refractivity contribution in [1.82, 2.24) is 0 Å². The average Bonchev–Trinajstić information content (AvgIpc) is 2.75. The number of nitro benzene ring substituents is 1. The maximum atomic E-state index is 12.4. The van der Waals surface area contributed by atoms with Crippen molar-refractivity contribution in [2.45, 2.75) is 17.1 Å². The molecule has 2 N–H and O–H groups in total. The van der Waals surface area contributed by atoms with E-state index in [0.29, 0.717) is 16.4 Å². The third-order valence-corrected chi connectivity index (χ3v) is 5.55. The van der Waals surface area contributed by atoms with Gasteiger partial charge in [0.15, 0.2) is 0 Å². The van der Waals surface area contributed by atoms with E-state index in [1.54, 1.807) is 55.5 Å². The Labute approximate surface area is 188 Å². The van der Waals surface area contributed by atoms with Crippen LogP contribution in [0.5, 0.6) is 0 Å². The maximum Gasteiger partial charge on any atom is 0.270 e. The minimum absolute atomic E-state index is 0.149. The van der Waals surface area contributed by atoms with Crippen LogP contribution in [0.3, 0.4) is 0 Å². The quantitative estimate of drug-likeness (QED) is 0.273. The van der Waals surface area contributed by atoms with Gasteiger partial charge in [0.2, 0.25) is 5.91 Å². The number of non-ortho nitro benzene ring substituents is 1. The second-order valence-electron chi connectivity index (χ2n) is 6.55. The van der Waals surface area contributed by atoms with Gasteiger partial charge in [0.1, 0.15) is 0 Å². The van der Waals surface area contributed by atoms with E-state index in [4.69, 9.17) is 11.6 Å². The van der Waals surface area contributed by atoms with E-state index in [1.807, 2.05) is 0 Å². The highest BCUT2D eigenvalue weighted by Gasteiger charge is 2.15. The summed E-state index contributed by atoms with van der Waals surface area (Å²) >= 11 is 7.30. The van der Waals surface area contributed by atoms with Crippen molar-refractivity contribution in [3.8, 4) is 0 Å². The molecule has 3 rings (SSSR count). The summed E-state index contributed by atoms with van der Waals surface area (Å²) in [6.07, 6.45) is 0. The molecule has 0 saturated carbocycles. The highest BCUT2D eigenvalue weighted by Crippen LogP contribution is 2.26. The predicted octanol–water partition coefficient (Wildman–Crippen LogP) is 5.62. The second kappa shape index (κ2) is 10.1. The van der Waals surface area contributed by atoms with E-state index in [0.717, 1.165) is 4.90 Å². The first-order valence-corrected chi connectivity index (χ1v) is 10.5. The number of halogens is 1. The van der Waals surface area contributed by atoms with E-state index in [-0.39, 0.29) is 22.4 Å². The minimum Gasteiger partial charge on any atom is -0.325 e. The second-order valence-corrected chi connectivity index (χ2v) is 8.40. The molecule has 0 aliphatic carbocycles. The first-order valence-electron chi connectivity index (χ1n) is 9.21. The lowest BCUT2D eigenvalue weighted by molar-refractivity contribution is -0.384. The summed E-state index contributed by atoms with van der Waals surface area (Å²) in [5.74, 6) is -0.603. The highest BCUT2D eigenvalue weighted by atomic mass is 35.5. The fraction of sp³-hybridized carbons (Fsp3) is 0.0909. The first kappa shape index (κ1) is 22.3. The molecule has 9 heteroatoms. The number of carbonyl (C=O) groups is 2. The van der Waals surface area contributed by atoms with E-state index in [2.05, 4.69) is 10.6 Å². The van der Waals surface area contributed by atoms with Crippen LogP contribution in [0, 0.1) is 10.1 Å². The van der Waals surface area contributed by atoms with Crippen molar-refractivity contribution in [2.75, 3.05) is 10.6 Å². The normalized spacial score (nSPS) is 11.4. The van der Waals surface area contributed by atoms with Crippen LogP contribution in [0.4, 0.5) is 17.1 Å². The monoisotopic (exact) mass is 455 g/mol. The van der Waals surface area contributed by atoms with Gasteiger partial charge in [-0.2, -0.15) is 0 Å². The molecule has 1 unspecified atom stereocenters. The standard InChI is InChI=1S/C22H18ClN3O4S/c1-14(21(27)25-18-6-3-5-16(23)13-18)31-20-10-8-17(9-11-20)24-22(28)15-4-2-7-19(12-15)26(29)30/h2-14H,1H3,(H,24,28)(H,25,27). The van der Waals surface area contributed by atoms with E-state index in [9.17, 15) is 19.7 Å². The number of carbonyl (C=O) groups excluding carboxylic acids is 2. The summed E-state index contributed by atoms with van der Waals surface area (Å²) in [6, 6.07) is 19.4. The first-order chi connectivity index (χ1) is 14.8. The largest absolute Gasteiger partial charge is 0.325 e. The van der Waals surface area contributed by atoms with Gasteiger partial charge in [-0.25, -0.2) is 0 Å². The number of hydrogen-bond acceptors (Lipinski definition) is 5. The molecule has 0 aromatic heterocycles. The molecule has 1 atom stereocenters. The Balaban J connectivity index is 1.58. The van der Waals surface area contributed by atoms with Crippen molar-refractivity contribution < 1.29 is 14.5 Å². The molecule has 0 fully saturated rings. The Bertz CT molecular complexity index is 1120. The van der Waals surface area contributed by atoms with Gasteiger partial charge in [0.05, 0.1) is 10.2 Å². The number of nitrogens with zero attached hydrogens (tertiary/aromatic N) is 1. The number of benzene rings is 3. The van der Waals surface area contributed by atoms with Gasteiger partial charge in [0, 0.05) is 39.0 Å². The van der Waals surface area contributed by atoms with Crippen molar-refractivity contribution in [3.63, 3.8) is 0 Å². The molecular weight excluding hydrogens is 438 g/mol. The number of hydrogen-bond donors (Lipinski definition) is 2. The van der Waals surface area contributed by atoms with Crippen molar-refractivity contribution in [1.29, 1.82) is 0 Å². The maximum absolute atomic E-state index is 12.4. The van der Waals surface area contributed by atoms with Crippen molar-refractivity contribution in [2.24, 2.45) is 0 Å². The van der Waals surface area contributed by atoms with Crippen LogP contribution < -0.4 is 10.6 Å². The fourth-order valence-electron chi connectivity index (χ4n) is 2.65. The number of thioether (sulfide) groups is 1. The molecule has 3 aromatic rings. The van der Waals surface area contributed by atoms with Crippen molar-refractivity contribution in [3.05, 3.63) is 93.5 Å². The van der Waals surface area contributed by atoms with Crippen LogP contribution in [0.2, 0.25) is 5.02 Å². The molecular formula is C22H18ClN3O4S. The lowest BCUT2D eigenvalue weighted by atomic mass is 10.2. The zero-order chi connectivity index (χ0) is 22.4. The number of nitrogens with one attached hydrogen (secondary N) is 2. The van der Waals surface area contributed by atoms with Gasteiger partial charge < -0.3 is 10.6 Å². The van der Waals surface area contributed by atoms with Gasteiger partial charge in [-0.3, -0.25) is 19.7 Å².